The number of rotatable bonds is 5. The molecular formula is C22H19N5O2S2. The van der Waals surface area contributed by atoms with Gasteiger partial charge in [0.1, 0.15) is 0 Å². The Balaban J connectivity index is 1.25. The predicted octanol–water partition coefficient (Wildman–Crippen LogP) is 5.17. The van der Waals surface area contributed by atoms with Crippen LogP contribution in [0.3, 0.4) is 0 Å². The molecule has 1 fully saturated rings. The first-order valence-electron chi connectivity index (χ1n) is 9.88. The minimum Gasteiger partial charge on any atom is -0.345 e. The summed E-state index contributed by atoms with van der Waals surface area (Å²) in [5.74, 6) is 0. The maximum absolute atomic E-state index is 11.0. The molecule has 0 N–H and O–H groups in total. The molecule has 0 saturated carbocycles. The minimum atomic E-state index is -0.377. The van der Waals surface area contributed by atoms with E-state index < -0.39 is 0 Å². The number of hydrogen-bond donors (Lipinski definition) is 0. The Labute approximate surface area is 187 Å². The maximum atomic E-state index is 11.0. The van der Waals surface area contributed by atoms with E-state index >= 15 is 0 Å². The Hall–Kier alpha value is -3.30. The van der Waals surface area contributed by atoms with Crippen LogP contribution in [-0.2, 0) is 0 Å². The molecule has 156 valence electrons. The molecule has 0 unspecified atom stereocenters. The van der Waals surface area contributed by atoms with Gasteiger partial charge >= 0.3 is 0 Å². The van der Waals surface area contributed by atoms with Crippen LogP contribution in [0.2, 0.25) is 0 Å². The molecule has 0 bridgehead atoms. The summed E-state index contributed by atoms with van der Waals surface area (Å²) < 4.78 is 0. The van der Waals surface area contributed by atoms with Crippen LogP contribution in [0, 0.1) is 10.1 Å². The number of benzene rings is 2. The standard InChI is InChI=1S/C22H19N5O2S2/c28-27(29)18-8-4-7-17(13-18)20-15-31-22(24-20)26-11-9-25(10-12-26)21-23-19(14-30-21)16-5-2-1-3-6-16/h1-8,13-15H,9-12H2. The molecule has 0 radical (unpaired) electrons. The number of hydrogen-bond acceptors (Lipinski definition) is 8. The Morgan fingerprint density at radius 2 is 1.32 bits per heavy atom. The summed E-state index contributed by atoms with van der Waals surface area (Å²) >= 11 is 3.26. The van der Waals surface area contributed by atoms with Gasteiger partial charge in [0.2, 0.25) is 0 Å². The quantitative estimate of drug-likeness (QED) is 0.309. The van der Waals surface area contributed by atoms with Gasteiger partial charge in [0, 0.05) is 60.2 Å². The maximum Gasteiger partial charge on any atom is 0.270 e. The average molecular weight is 450 g/mol. The van der Waals surface area contributed by atoms with Crippen molar-refractivity contribution in [3.8, 4) is 22.5 Å². The fourth-order valence-corrected chi connectivity index (χ4v) is 5.34. The zero-order valence-corrected chi connectivity index (χ0v) is 18.2. The van der Waals surface area contributed by atoms with Gasteiger partial charge in [-0.05, 0) is 0 Å². The van der Waals surface area contributed by atoms with Crippen LogP contribution in [0.4, 0.5) is 16.0 Å². The van der Waals surface area contributed by atoms with Gasteiger partial charge in [0.05, 0.1) is 16.3 Å². The van der Waals surface area contributed by atoms with Crippen LogP contribution in [-0.4, -0.2) is 41.1 Å². The fraction of sp³-hybridized carbons (Fsp3) is 0.182. The first-order valence-corrected chi connectivity index (χ1v) is 11.6. The van der Waals surface area contributed by atoms with E-state index in [2.05, 4.69) is 27.3 Å². The van der Waals surface area contributed by atoms with Gasteiger partial charge in [-0.15, -0.1) is 22.7 Å². The van der Waals surface area contributed by atoms with E-state index in [-0.39, 0.29) is 10.6 Å². The monoisotopic (exact) mass is 449 g/mol. The van der Waals surface area contributed by atoms with E-state index in [4.69, 9.17) is 9.97 Å². The topological polar surface area (TPSA) is 75.4 Å². The lowest BCUT2D eigenvalue weighted by Gasteiger charge is -2.34. The predicted molar refractivity (Wildman–Crippen MR) is 126 cm³/mol. The van der Waals surface area contributed by atoms with Crippen LogP contribution in [0.1, 0.15) is 0 Å². The normalized spacial score (nSPS) is 14.1. The molecule has 0 spiro atoms. The third-order valence-electron chi connectivity index (χ3n) is 5.23. The SMILES string of the molecule is O=[N+]([O-])c1cccc(-c2csc(N3CCN(c4nc(-c5ccccc5)cs4)CC3)n2)c1. The molecule has 31 heavy (non-hydrogen) atoms. The van der Waals surface area contributed by atoms with Crippen molar-refractivity contribution in [2.45, 2.75) is 0 Å². The van der Waals surface area contributed by atoms with Crippen LogP contribution < -0.4 is 9.80 Å². The van der Waals surface area contributed by atoms with E-state index in [1.807, 2.05) is 29.6 Å². The van der Waals surface area contributed by atoms with Crippen molar-refractivity contribution in [2.24, 2.45) is 0 Å². The van der Waals surface area contributed by atoms with Crippen molar-refractivity contribution in [3.63, 3.8) is 0 Å². The number of thiazole rings is 2. The first kappa shape index (κ1) is 19.7. The van der Waals surface area contributed by atoms with E-state index in [1.165, 1.54) is 6.07 Å². The Morgan fingerprint density at radius 3 is 1.90 bits per heavy atom. The van der Waals surface area contributed by atoms with Crippen LogP contribution in [0.15, 0.2) is 65.4 Å². The van der Waals surface area contributed by atoms with Crippen molar-refractivity contribution in [3.05, 3.63) is 75.5 Å². The lowest BCUT2D eigenvalue weighted by atomic mass is 10.1. The number of aromatic nitrogens is 2. The lowest BCUT2D eigenvalue weighted by Crippen LogP contribution is -2.46. The molecule has 1 aliphatic rings. The fourth-order valence-electron chi connectivity index (χ4n) is 3.56. The highest BCUT2D eigenvalue weighted by Crippen LogP contribution is 2.32. The van der Waals surface area contributed by atoms with Gasteiger partial charge in [-0.1, -0.05) is 42.5 Å². The van der Waals surface area contributed by atoms with Crippen molar-refractivity contribution in [2.75, 3.05) is 36.0 Å². The Morgan fingerprint density at radius 1 is 0.774 bits per heavy atom. The molecule has 1 saturated heterocycles. The van der Waals surface area contributed by atoms with E-state index in [0.29, 0.717) is 0 Å². The molecule has 2 aromatic heterocycles. The van der Waals surface area contributed by atoms with E-state index in [1.54, 1.807) is 34.8 Å². The highest BCUT2D eigenvalue weighted by molar-refractivity contribution is 7.14. The molecule has 9 heteroatoms. The molecule has 5 rings (SSSR count). The van der Waals surface area contributed by atoms with Crippen LogP contribution in [0.25, 0.3) is 22.5 Å². The minimum absolute atomic E-state index is 0.0824. The first-order chi connectivity index (χ1) is 15.2. The van der Waals surface area contributed by atoms with Gasteiger partial charge in [0.15, 0.2) is 10.3 Å². The van der Waals surface area contributed by atoms with Gasteiger partial charge in [-0.2, -0.15) is 0 Å². The highest BCUT2D eigenvalue weighted by atomic mass is 32.1. The van der Waals surface area contributed by atoms with Gasteiger partial charge in [-0.3, -0.25) is 10.1 Å². The van der Waals surface area contributed by atoms with Crippen molar-refractivity contribution in [1.29, 1.82) is 0 Å². The molecular weight excluding hydrogens is 430 g/mol. The summed E-state index contributed by atoms with van der Waals surface area (Å²) in [5, 5.41) is 17.1. The highest BCUT2D eigenvalue weighted by Gasteiger charge is 2.22. The van der Waals surface area contributed by atoms with Crippen LogP contribution in [0.5, 0.6) is 0 Å². The third-order valence-corrected chi connectivity index (χ3v) is 7.03. The number of nitro groups is 1. The third kappa shape index (κ3) is 4.14. The summed E-state index contributed by atoms with van der Waals surface area (Å²) in [6.07, 6.45) is 0. The number of piperazine rings is 1. The Bertz CT molecular complexity index is 1200. The zero-order chi connectivity index (χ0) is 21.2. The molecule has 7 nitrogen and oxygen atoms in total. The zero-order valence-electron chi connectivity index (χ0n) is 16.5. The average Bonchev–Trinajstić information content (AvgIpc) is 3.50. The summed E-state index contributed by atoms with van der Waals surface area (Å²) in [6.45, 7) is 3.49. The molecule has 0 amide bonds. The molecule has 3 heterocycles. The van der Waals surface area contributed by atoms with E-state index in [0.717, 1.165) is 59.0 Å². The van der Waals surface area contributed by atoms with Crippen molar-refractivity contribution >= 4 is 38.6 Å². The molecule has 0 atom stereocenters. The van der Waals surface area contributed by atoms with E-state index in [9.17, 15) is 10.1 Å². The summed E-state index contributed by atoms with van der Waals surface area (Å²) in [6, 6.07) is 16.9. The van der Waals surface area contributed by atoms with Crippen LogP contribution >= 0.6 is 22.7 Å². The molecule has 1 aliphatic heterocycles. The molecule has 2 aromatic carbocycles. The second kappa shape index (κ2) is 8.44. The number of anilines is 2. The second-order valence-corrected chi connectivity index (χ2v) is 8.85. The molecule has 0 aliphatic carbocycles. The smallest absolute Gasteiger partial charge is 0.270 e. The number of nitro benzene ring substituents is 1. The number of non-ortho nitro benzene ring substituents is 1. The summed E-state index contributed by atoms with van der Waals surface area (Å²) in [4.78, 5) is 24.8. The largest absolute Gasteiger partial charge is 0.345 e. The lowest BCUT2D eigenvalue weighted by molar-refractivity contribution is -0.384. The number of nitrogens with zero attached hydrogens (tertiary/aromatic N) is 5. The van der Waals surface area contributed by atoms with Crippen molar-refractivity contribution < 1.29 is 4.92 Å². The Kier molecular flexibility index (Phi) is 5.35. The second-order valence-electron chi connectivity index (χ2n) is 7.18. The van der Waals surface area contributed by atoms with Gasteiger partial charge in [-0.25, -0.2) is 9.97 Å². The van der Waals surface area contributed by atoms with Crippen molar-refractivity contribution in [1.82, 2.24) is 9.97 Å². The molecule has 4 aromatic rings. The van der Waals surface area contributed by atoms with Gasteiger partial charge < -0.3 is 9.80 Å². The van der Waals surface area contributed by atoms with Gasteiger partial charge in [0.25, 0.3) is 5.69 Å². The summed E-state index contributed by atoms with van der Waals surface area (Å²) in [5.41, 5.74) is 3.79. The summed E-state index contributed by atoms with van der Waals surface area (Å²) in [7, 11) is 0.